The van der Waals surface area contributed by atoms with Gasteiger partial charge in [-0.1, -0.05) is 6.42 Å². The van der Waals surface area contributed by atoms with Crippen molar-refractivity contribution in [3.8, 4) is 0 Å². The van der Waals surface area contributed by atoms with Crippen LogP contribution in [0, 0.1) is 0 Å². The van der Waals surface area contributed by atoms with Crippen LogP contribution in [0.4, 0.5) is 0 Å². The first-order valence-electron chi connectivity index (χ1n) is 6.30. The van der Waals surface area contributed by atoms with Crippen molar-refractivity contribution in [1.29, 1.82) is 0 Å². The van der Waals surface area contributed by atoms with Crippen LogP contribution in [0.3, 0.4) is 0 Å². The minimum atomic E-state index is -3.62. The highest BCUT2D eigenvalue weighted by atomic mass is 35.5. The molecule has 0 spiro atoms. The average Bonchev–Trinajstić information content (AvgIpc) is 2.70. The van der Waals surface area contributed by atoms with Crippen LogP contribution in [-0.4, -0.2) is 40.9 Å². The molecule has 0 amide bonds. The third-order valence-electron chi connectivity index (χ3n) is 3.48. The summed E-state index contributed by atoms with van der Waals surface area (Å²) in [4.78, 5) is 3.91. The van der Waals surface area contributed by atoms with Crippen LogP contribution < -0.4 is 5.73 Å². The Balaban J connectivity index is 2.37. The first-order valence-corrected chi connectivity index (χ1v) is 8.12. The number of nitrogens with zero attached hydrogens (tertiary/aromatic N) is 3. The van der Waals surface area contributed by atoms with Crippen molar-refractivity contribution in [1.82, 2.24) is 13.9 Å². The molecule has 1 aromatic rings. The maximum absolute atomic E-state index is 12.6. The quantitative estimate of drug-likeness (QED) is 0.902. The van der Waals surface area contributed by atoms with E-state index >= 15 is 0 Å². The van der Waals surface area contributed by atoms with Crippen LogP contribution in [0.5, 0.6) is 0 Å². The van der Waals surface area contributed by atoms with Crippen molar-refractivity contribution < 1.29 is 8.42 Å². The summed E-state index contributed by atoms with van der Waals surface area (Å²) >= 11 is 5.82. The fourth-order valence-electron chi connectivity index (χ4n) is 2.42. The first kappa shape index (κ1) is 14.8. The van der Waals surface area contributed by atoms with Gasteiger partial charge in [-0.15, -0.1) is 0 Å². The number of aromatic nitrogens is 2. The zero-order valence-corrected chi connectivity index (χ0v) is 12.7. The fourth-order valence-corrected chi connectivity index (χ4v) is 4.36. The van der Waals surface area contributed by atoms with E-state index in [9.17, 15) is 8.42 Å². The van der Waals surface area contributed by atoms with Gasteiger partial charge in [0.1, 0.15) is 0 Å². The summed E-state index contributed by atoms with van der Waals surface area (Å²) in [5.41, 5.74) is 5.91. The molecule has 108 valence electrons. The Kier molecular flexibility index (Phi) is 4.20. The van der Waals surface area contributed by atoms with E-state index in [1.165, 1.54) is 15.1 Å². The highest BCUT2D eigenvalue weighted by Gasteiger charge is 2.36. The van der Waals surface area contributed by atoms with Crippen LogP contribution in [0.25, 0.3) is 0 Å². The Bertz CT molecular complexity index is 536. The molecule has 1 saturated heterocycles. The number of rotatable bonds is 3. The molecule has 0 bridgehead atoms. The van der Waals surface area contributed by atoms with Gasteiger partial charge in [0.25, 0.3) is 10.0 Å². The predicted molar refractivity (Wildman–Crippen MR) is 73.4 cm³/mol. The molecule has 2 heterocycles. The van der Waals surface area contributed by atoms with Crippen molar-refractivity contribution in [2.24, 2.45) is 12.8 Å². The number of piperidine rings is 1. The molecule has 1 aromatic heterocycles. The summed E-state index contributed by atoms with van der Waals surface area (Å²) in [7, 11) is -1.96. The molecule has 0 saturated carbocycles. The smallest absolute Gasteiger partial charge is 0.262 e. The number of hydrogen-bond donors (Lipinski definition) is 1. The number of halogens is 1. The molecule has 1 fully saturated rings. The Hall–Kier alpha value is -0.630. The Morgan fingerprint density at radius 3 is 2.74 bits per heavy atom. The van der Waals surface area contributed by atoms with Gasteiger partial charge < -0.3 is 10.3 Å². The van der Waals surface area contributed by atoms with E-state index in [2.05, 4.69) is 4.98 Å². The molecule has 2 rings (SSSR count). The largest absolute Gasteiger partial charge is 0.326 e. The van der Waals surface area contributed by atoms with Gasteiger partial charge in [-0.25, -0.2) is 13.4 Å². The standard InChI is InChI=1S/C11H19ClN4O2S/c1-8(13)9-5-3-4-6-16(9)19(17,18)10-7-15(2)11(12)14-10/h7-9H,3-6,13H2,1-2H3/t8-,9+/m0/s1. The van der Waals surface area contributed by atoms with Crippen molar-refractivity contribution >= 4 is 21.6 Å². The summed E-state index contributed by atoms with van der Waals surface area (Å²) in [6.45, 7) is 2.33. The second-order valence-electron chi connectivity index (χ2n) is 5.00. The van der Waals surface area contributed by atoms with E-state index in [4.69, 9.17) is 17.3 Å². The van der Waals surface area contributed by atoms with E-state index in [-0.39, 0.29) is 22.4 Å². The molecule has 1 aliphatic rings. The van der Waals surface area contributed by atoms with Gasteiger partial charge in [0.15, 0.2) is 5.03 Å². The van der Waals surface area contributed by atoms with E-state index in [0.29, 0.717) is 6.54 Å². The van der Waals surface area contributed by atoms with Gasteiger partial charge >= 0.3 is 0 Å². The fraction of sp³-hybridized carbons (Fsp3) is 0.727. The van der Waals surface area contributed by atoms with Gasteiger partial charge in [-0.2, -0.15) is 4.31 Å². The minimum absolute atomic E-state index is 0.00690. The van der Waals surface area contributed by atoms with Crippen molar-refractivity contribution in [2.45, 2.75) is 43.3 Å². The molecular weight excluding hydrogens is 288 g/mol. The number of nitrogens with two attached hydrogens (primary N) is 1. The van der Waals surface area contributed by atoms with Crippen molar-refractivity contribution in [3.05, 3.63) is 11.5 Å². The molecule has 0 aliphatic carbocycles. The van der Waals surface area contributed by atoms with E-state index in [1.807, 2.05) is 6.92 Å². The van der Waals surface area contributed by atoms with Gasteiger partial charge in [0, 0.05) is 31.9 Å². The maximum Gasteiger partial charge on any atom is 0.262 e. The topological polar surface area (TPSA) is 81.2 Å². The average molecular weight is 307 g/mol. The van der Waals surface area contributed by atoms with Crippen LogP contribution in [0.15, 0.2) is 11.2 Å². The lowest BCUT2D eigenvalue weighted by Crippen LogP contribution is -2.51. The lowest BCUT2D eigenvalue weighted by molar-refractivity contribution is 0.227. The molecular formula is C11H19ClN4O2S. The SMILES string of the molecule is C[C@H](N)[C@H]1CCCCN1S(=O)(=O)c1cn(C)c(Cl)n1. The Labute approximate surface area is 118 Å². The molecule has 2 atom stereocenters. The third kappa shape index (κ3) is 2.79. The highest BCUT2D eigenvalue weighted by molar-refractivity contribution is 7.89. The normalized spacial score (nSPS) is 23.5. The third-order valence-corrected chi connectivity index (χ3v) is 5.62. The summed E-state index contributed by atoms with van der Waals surface area (Å²) in [6.07, 6.45) is 4.08. The molecule has 8 heteroatoms. The molecule has 2 N–H and O–H groups in total. The number of imidazole rings is 1. The number of hydrogen-bond acceptors (Lipinski definition) is 4. The van der Waals surface area contributed by atoms with Gasteiger partial charge in [-0.05, 0) is 31.4 Å². The van der Waals surface area contributed by atoms with Gasteiger partial charge in [0.2, 0.25) is 5.28 Å². The van der Waals surface area contributed by atoms with Crippen LogP contribution in [-0.2, 0) is 17.1 Å². The van der Waals surface area contributed by atoms with Gasteiger partial charge in [0.05, 0.1) is 0 Å². The second kappa shape index (κ2) is 5.40. The lowest BCUT2D eigenvalue weighted by atomic mass is 10.00. The molecule has 19 heavy (non-hydrogen) atoms. The molecule has 1 aliphatic heterocycles. The number of sulfonamides is 1. The molecule has 0 unspecified atom stereocenters. The molecule has 0 aromatic carbocycles. The zero-order chi connectivity index (χ0) is 14.2. The monoisotopic (exact) mass is 306 g/mol. The van der Waals surface area contributed by atoms with Crippen molar-refractivity contribution in [3.63, 3.8) is 0 Å². The van der Waals surface area contributed by atoms with Gasteiger partial charge in [-0.3, -0.25) is 0 Å². The maximum atomic E-state index is 12.6. The van der Waals surface area contributed by atoms with Crippen LogP contribution in [0.2, 0.25) is 5.28 Å². The minimum Gasteiger partial charge on any atom is -0.326 e. The lowest BCUT2D eigenvalue weighted by Gasteiger charge is -2.36. The van der Waals surface area contributed by atoms with E-state index in [0.717, 1.165) is 19.3 Å². The van der Waals surface area contributed by atoms with Crippen molar-refractivity contribution in [2.75, 3.05) is 6.54 Å². The second-order valence-corrected chi connectivity index (χ2v) is 7.17. The molecule has 6 nitrogen and oxygen atoms in total. The van der Waals surface area contributed by atoms with Crippen LogP contribution in [0.1, 0.15) is 26.2 Å². The van der Waals surface area contributed by atoms with E-state index in [1.54, 1.807) is 7.05 Å². The first-order chi connectivity index (χ1) is 8.84. The zero-order valence-electron chi connectivity index (χ0n) is 11.1. The summed E-state index contributed by atoms with van der Waals surface area (Å²) < 4.78 is 28.2. The van der Waals surface area contributed by atoms with Crippen LogP contribution >= 0.6 is 11.6 Å². The highest BCUT2D eigenvalue weighted by Crippen LogP contribution is 2.26. The summed E-state index contributed by atoms with van der Waals surface area (Å²) in [5.74, 6) is 0. The molecule has 0 radical (unpaired) electrons. The van der Waals surface area contributed by atoms with E-state index < -0.39 is 10.0 Å². The Morgan fingerprint density at radius 1 is 1.53 bits per heavy atom. The number of aryl methyl sites for hydroxylation is 1. The summed E-state index contributed by atoms with van der Waals surface area (Å²) in [6, 6.07) is -0.367. The summed E-state index contributed by atoms with van der Waals surface area (Å²) in [5, 5.41) is 0.153. The Morgan fingerprint density at radius 2 is 2.21 bits per heavy atom. The predicted octanol–water partition coefficient (Wildman–Crippen LogP) is 0.964.